The molecule has 2 amide bonds. The largest absolute Gasteiger partial charge is 0.367 e. The standard InChI is InChI=1S/C27H30F2N4O3/c1-18(34)30-27-31-26(35)24(32(27)2)17-19-11-13-33(14-12-19)15-16-36-25(20-3-7-22(28)8-4-20)21-5-9-23(29)10-6-21/h3-10,17,19,25H,11-16H2,1-2H3,(H,30,31,34,35)/b24-17+. The lowest BCUT2D eigenvalue weighted by Gasteiger charge is -2.31. The lowest BCUT2D eigenvalue weighted by molar-refractivity contribution is -0.117. The predicted molar refractivity (Wildman–Crippen MR) is 132 cm³/mol. The van der Waals surface area contributed by atoms with Gasteiger partial charge in [-0.25, -0.2) is 8.78 Å². The average Bonchev–Trinajstić information content (AvgIpc) is 3.11. The van der Waals surface area contributed by atoms with E-state index in [1.54, 1.807) is 36.2 Å². The molecule has 4 rings (SSSR count). The van der Waals surface area contributed by atoms with Gasteiger partial charge >= 0.3 is 0 Å². The number of amides is 2. The number of ether oxygens (including phenoxy) is 1. The summed E-state index contributed by atoms with van der Waals surface area (Å²) in [6.07, 6.45) is 3.31. The van der Waals surface area contributed by atoms with Crippen LogP contribution in [0.5, 0.6) is 0 Å². The number of allylic oxidation sites excluding steroid dienone is 1. The third-order valence-corrected chi connectivity index (χ3v) is 6.46. The molecule has 0 atom stereocenters. The molecule has 0 aromatic heterocycles. The zero-order chi connectivity index (χ0) is 25.7. The Hall–Kier alpha value is -3.43. The minimum absolute atomic E-state index is 0.238. The van der Waals surface area contributed by atoms with Gasteiger partial charge in [0.15, 0.2) is 0 Å². The molecule has 2 aromatic carbocycles. The molecule has 0 spiro atoms. The maximum Gasteiger partial charge on any atom is 0.296 e. The van der Waals surface area contributed by atoms with Crippen LogP contribution >= 0.6 is 0 Å². The van der Waals surface area contributed by atoms with E-state index in [0.717, 1.165) is 43.6 Å². The molecule has 0 bridgehead atoms. The number of aliphatic imine (C=N–C) groups is 1. The third kappa shape index (κ3) is 6.41. The van der Waals surface area contributed by atoms with Gasteiger partial charge in [-0.2, -0.15) is 4.99 Å². The number of carbonyl (C=O) groups is 2. The molecule has 2 aliphatic heterocycles. The van der Waals surface area contributed by atoms with Crippen molar-refractivity contribution in [2.45, 2.75) is 25.9 Å². The molecule has 1 N–H and O–H groups in total. The van der Waals surface area contributed by atoms with E-state index in [1.807, 2.05) is 6.08 Å². The number of guanidine groups is 1. The predicted octanol–water partition coefficient (Wildman–Crippen LogP) is 3.63. The van der Waals surface area contributed by atoms with Gasteiger partial charge in [0, 0.05) is 20.5 Å². The van der Waals surface area contributed by atoms with Crippen molar-refractivity contribution >= 4 is 17.8 Å². The molecule has 190 valence electrons. The molecule has 2 aromatic rings. The number of nitrogens with one attached hydrogen (secondary N) is 1. The van der Waals surface area contributed by atoms with E-state index in [9.17, 15) is 18.4 Å². The van der Waals surface area contributed by atoms with Gasteiger partial charge in [-0.3, -0.25) is 14.9 Å². The van der Waals surface area contributed by atoms with Crippen molar-refractivity contribution in [1.82, 2.24) is 15.1 Å². The Labute approximate surface area is 209 Å². The third-order valence-electron chi connectivity index (χ3n) is 6.46. The molecule has 1 fully saturated rings. The van der Waals surface area contributed by atoms with Gasteiger partial charge in [0.25, 0.3) is 5.91 Å². The van der Waals surface area contributed by atoms with E-state index < -0.39 is 6.10 Å². The first kappa shape index (κ1) is 25.7. The van der Waals surface area contributed by atoms with Crippen molar-refractivity contribution in [3.63, 3.8) is 0 Å². The smallest absolute Gasteiger partial charge is 0.296 e. The second kappa shape index (κ2) is 11.5. The summed E-state index contributed by atoms with van der Waals surface area (Å²) in [6.45, 7) is 4.26. The van der Waals surface area contributed by atoms with Crippen LogP contribution in [0.25, 0.3) is 0 Å². The van der Waals surface area contributed by atoms with Crippen LogP contribution in [0, 0.1) is 17.6 Å². The highest BCUT2D eigenvalue weighted by Crippen LogP contribution is 2.27. The highest BCUT2D eigenvalue weighted by Gasteiger charge is 2.29. The summed E-state index contributed by atoms with van der Waals surface area (Å²) in [5.74, 6) is -0.765. The van der Waals surface area contributed by atoms with Crippen molar-refractivity contribution in [1.29, 1.82) is 0 Å². The Morgan fingerprint density at radius 2 is 1.64 bits per heavy atom. The van der Waals surface area contributed by atoms with Crippen molar-refractivity contribution in [3.8, 4) is 0 Å². The topological polar surface area (TPSA) is 74.2 Å². The normalized spacial score (nSPS) is 18.2. The highest BCUT2D eigenvalue weighted by molar-refractivity contribution is 6.13. The summed E-state index contributed by atoms with van der Waals surface area (Å²) in [5.41, 5.74) is 2.10. The van der Waals surface area contributed by atoms with Gasteiger partial charge < -0.3 is 14.5 Å². The average molecular weight is 497 g/mol. The molecule has 0 unspecified atom stereocenters. The van der Waals surface area contributed by atoms with Crippen molar-refractivity contribution < 1.29 is 23.1 Å². The molecule has 36 heavy (non-hydrogen) atoms. The molecule has 2 aliphatic rings. The number of hydrogen-bond acceptors (Lipinski definition) is 5. The van der Waals surface area contributed by atoms with Gasteiger partial charge in [0.2, 0.25) is 11.9 Å². The van der Waals surface area contributed by atoms with E-state index >= 15 is 0 Å². The maximum atomic E-state index is 13.4. The van der Waals surface area contributed by atoms with Gasteiger partial charge in [0.1, 0.15) is 23.4 Å². The lowest BCUT2D eigenvalue weighted by Crippen LogP contribution is -2.38. The maximum absolute atomic E-state index is 13.4. The second-order valence-corrected chi connectivity index (χ2v) is 9.07. The minimum Gasteiger partial charge on any atom is -0.367 e. The Morgan fingerprint density at radius 1 is 1.08 bits per heavy atom. The van der Waals surface area contributed by atoms with Crippen LogP contribution in [-0.4, -0.2) is 60.9 Å². The summed E-state index contributed by atoms with van der Waals surface area (Å²) in [5, 5.41) is 2.57. The number of halogens is 2. The first-order valence-electron chi connectivity index (χ1n) is 12.0. The lowest BCUT2D eigenvalue weighted by atomic mass is 9.95. The number of rotatable bonds is 7. The molecule has 0 saturated carbocycles. The zero-order valence-corrected chi connectivity index (χ0v) is 20.4. The molecular weight excluding hydrogens is 466 g/mol. The summed E-state index contributed by atoms with van der Waals surface area (Å²) in [6, 6.07) is 12.3. The van der Waals surface area contributed by atoms with Crippen molar-refractivity contribution in [2.24, 2.45) is 10.9 Å². The van der Waals surface area contributed by atoms with Crippen LogP contribution in [0.15, 0.2) is 65.3 Å². The SMILES string of the molecule is CC(=O)NC1=NC(=O)/C(=C\C2CCN(CCOC(c3ccc(F)cc3)c3ccc(F)cc3)CC2)N1C. The molecule has 7 nitrogen and oxygen atoms in total. The van der Waals surface area contributed by atoms with Crippen molar-refractivity contribution in [3.05, 3.63) is 83.1 Å². The quantitative estimate of drug-likeness (QED) is 0.593. The van der Waals surface area contributed by atoms with Gasteiger partial charge in [-0.05, 0) is 67.2 Å². The monoisotopic (exact) mass is 496 g/mol. The molecular formula is C27H30F2N4O3. The molecule has 0 aliphatic carbocycles. The fourth-order valence-corrected chi connectivity index (χ4v) is 4.46. The van der Waals surface area contributed by atoms with Crippen molar-refractivity contribution in [2.75, 3.05) is 33.3 Å². The number of likely N-dealkylation sites (N-methyl/N-ethyl adjacent to an activating group) is 1. The Morgan fingerprint density at radius 3 is 2.17 bits per heavy atom. The first-order valence-corrected chi connectivity index (χ1v) is 12.0. The Kier molecular flexibility index (Phi) is 8.22. The van der Waals surface area contributed by atoms with Crippen LogP contribution in [0.1, 0.15) is 37.0 Å². The number of benzene rings is 2. The van der Waals surface area contributed by atoms with Crippen LogP contribution in [0.3, 0.4) is 0 Å². The van der Waals surface area contributed by atoms with Crippen LogP contribution < -0.4 is 5.32 Å². The summed E-state index contributed by atoms with van der Waals surface area (Å²) in [7, 11) is 1.72. The van der Waals surface area contributed by atoms with E-state index in [1.165, 1.54) is 31.2 Å². The van der Waals surface area contributed by atoms with Crippen LogP contribution in [-0.2, 0) is 14.3 Å². The van der Waals surface area contributed by atoms with Gasteiger partial charge in [-0.15, -0.1) is 0 Å². The number of likely N-dealkylation sites (tertiary alicyclic amines) is 1. The molecule has 9 heteroatoms. The molecule has 0 radical (unpaired) electrons. The number of carbonyl (C=O) groups excluding carboxylic acids is 2. The zero-order valence-electron chi connectivity index (χ0n) is 20.4. The van der Waals surface area contributed by atoms with Crippen LogP contribution in [0.2, 0.25) is 0 Å². The fourth-order valence-electron chi connectivity index (χ4n) is 4.46. The van der Waals surface area contributed by atoms with E-state index in [4.69, 9.17) is 4.74 Å². The van der Waals surface area contributed by atoms with Crippen LogP contribution in [0.4, 0.5) is 8.78 Å². The molecule has 2 heterocycles. The number of hydrogen-bond donors (Lipinski definition) is 1. The van der Waals surface area contributed by atoms with E-state index in [2.05, 4.69) is 15.2 Å². The second-order valence-electron chi connectivity index (χ2n) is 9.07. The first-order chi connectivity index (χ1) is 17.3. The number of nitrogens with zero attached hydrogens (tertiary/aromatic N) is 3. The van der Waals surface area contributed by atoms with Gasteiger partial charge in [-0.1, -0.05) is 30.3 Å². The Bertz CT molecular complexity index is 1100. The Balaban J connectivity index is 1.30. The summed E-state index contributed by atoms with van der Waals surface area (Å²) in [4.78, 5) is 31.4. The highest BCUT2D eigenvalue weighted by atomic mass is 19.1. The number of piperidine rings is 1. The molecule has 1 saturated heterocycles. The van der Waals surface area contributed by atoms with E-state index in [-0.39, 0.29) is 35.3 Å². The summed E-state index contributed by atoms with van der Waals surface area (Å²) < 4.78 is 33.1. The van der Waals surface area contributed by atoms with E-state index in [0.29, 0.717) is 12.3 Å². The fraction of sp³-hybridized carbons (Fsp3) is 0.370. The minimum atomic E-state index is -0.421. The summed E-state index contributed by atoms with van der Waals surface area (Å²) >= 11 is 0. The van der Waals surface area contributed by atoms with Gasteiger partial charge in [0.05, 0.1) is 6.61 Å².